The highest BCUT2D eigenvalue weighted by Gasteiger charge is 2.31. The fourth-order valence-corrected chi connectivity index (χ4v) is 6.23. The van der Waals surface area contributed by atoms with Crippen LogP contribution in [-0.4, -0.2) is 51.0 Å². The molecule has 1 atom stereocenters. The van der Waals surface area contributed by atoms with Crippen LogP contribution in [0.1, 0.15) is 95.0 Å². The van der Waals surface area contributed by atoms with Crippen LogP contribution < -0.4 is 5.32 Å². The highest BCUT2D eigenvalue weighted by atomic mass is 19.3. The molecule has 3 heterocycles. The third kappa shape index (κ3) is 5.93. The van der Waals surface area contributed by atoms with Crippen molar-refractivity contribution in [3.63, 3.8) is 0 Å². The van der Waals surface area contributed by atoms with Gasteiger partial charge in [-0.05, 0) is 85.8 Å². The summed E-state index contributed by atoms with van der Waals surface area (Å²) < 4.78 is 27.4. The molecule has 210 valence electrons. The van der Waals surface area contributed by atoms with E-state index >= 15 is 0 Å². The average Bonchev–Trinajstić information content (AvgIpc) is 3.74. The van der Waals surface area contributed by atoms with Crippen molar-refractivity contribution in [1.29, 1.82) is 0 Å². The van der Waals surface area contributed by atoms with Gasteiger partial charge < -0.3 is 10.2 Å². The Bertz CT molecular complexity index is 1380. The number of carbonyl (C=O) groups excluding carboxylic acids is 2. The minimum atomic E-state index is -2.45. The molecule has 9 heteroatoms. The molecule has 2 fully saturated rings. The molecule has 2 aliphatic carbocycles. The second kappa shape index (κ2) is 11.5. The molecule has 3 aromatic rings. The first-order valence-corrected chi connectivity index (χ1v) is 14.4. The van der Waals surface area contributed by atoms with Gasteiger partial charge in [0.2, 0.25) is 12.3 Å². The lowest BCUT2D eigenvalue weighted by Crippen LogP contribution is -2.40. The van der Waals surface area contributed by atoms with Crippen LogP contribution in [0.5, 0.6) is 0 Å². The Kier molecular flexibility index (Phi) is 7.63. The third-order valence-corrected chi connectivity index (χ3v) is 8.52. The number of halogens is 2. The molecule has 2 amide bonds. The Morgan fingerprint density at radius 3 is 2.58 bits per heavy atom. The number of likely N-dealkylation sites (tertiary alicyclic amines) is 1. The van der Waals surface area contributed by atoms with E-state index in [4.69, 9.17) is 0 Å². The first-order chi connectivity index (χ1) is 19.4. The van der Waals surface area contributed by atoms with Crippen LogP contribution in [0.4, 0.5) is 8.78 Å². The van der Waals surface area contributed by atoms with Gasteiger partial charge in [0, 0.05) is 30.9 Å². The summed E-state index contributed by atoms with van der Waals surface area (Å²) in [4.78, 5) is 32.5. The fraction of sp³-hybridized carbons (Fsp3) is 0.484. The van der Waals surface area contributed by atoms with Crippen molar-refractivity contribution < 1.29 is 18.4 Å². The second-order valence-electron chi connectivity index (χ2n) is 11.3. The minimum Gasteiger partial charge on any atom is -0.344 e. The maximum atomic E-state index is 13.1. The van der Waals surface area contributed by atoms with E-state index in [0.29, 0.717) is 30.4 Å². The molecule has 1 saturated carbocycles. The molecule has 0 spiro atoms. The molecule has 1 aliphatic heterocycles. The van der Waals surface area contributed by atoms with Crippen molar-refractivity contribution in [3.8, 4) is 0 Å². The van der Waals surface area contributed by atoms with Crippen LogP contribution in [0, 0.1) is 0 Å². The zero-order valence-corrected chi connectivity index (χ0v) is 22.6. The molecular formula is C31H35F2N5O2. The number of benzene rings is 1. The largest absolute Gasteiger partial charge is 0.344 e. The van der Waals surface area contributed by atoms with Crippen LogP contribution >= 0.6 is 0 Å². The maximum absolute atomic E-state index is 13.1. The van der Waals surface area contributed by atoms with Crippen molar-refractivity contribution in [2.75, 3.05) is 13.1 Å². The smallest absolute Gasteiger partial charge is 0.270 e. The molecule has 1 N–H and O–H groups in total. The van der Waals surface area contributed by atoms with Crippen LogP contribution in [-0.2, 0) is 24.2 Å². The molecule has 40 heavy (non-hydrogen) atoms. The van der Waals surface area contributed by atoms with Crippen molar-refractivity contribution in [3.05, 3.63) is 82.4 Å². The zero-order chi connectivity index (χ0) is 27.6. The number of pyridine rings is 1. The lowest BCUT2D eigenvalue weighted by Gasteiger charge is -2.32. The summed E-state index contributed by atoms with van der Waals surface area (Å²) in [7, 11) is 0. The standard InChI is InChI=1S/C31H35F2N5O2/c32-29(33)18-24-17-28(22-8-9-22)38(36-24)19-30(39)37-14-11-20(12-15-37)23-10-13-34-27(16-23)31(40)35-26-7-3-5-21-4-1-2-6-25(21)26/h1-2,4,6,10,13,16-17,20,22,26,29H,3,5,7-9,11-12,14-15,18-19H2,(H,35,40). The Labute approximate surface area is 233 Å². The number of hydrogen-bond acceptors (Lipinski definition) is 4. The van der Waals surface area contributed by atoms with Gasteiger partial charge in [-0.25, -0.2) is 8.78 Å². The summed E-state index contributed by atoms with van der Waals surface area (Å²) in [5.41, 5.74) is 5.24. The van der Waals surface area contributed by atoms with E-state index in [0.717, 1.165) is 56.2 Å². The van der Waals surface area contributed by atoms with Crippen molar-refractivity contribution in [2.24, 2.45) is 0 Å². The summed E-state index contributed by atoms with van der Waals surface area (Å²) >= 11 is 0. The molecule has 7 nitrogen and oxygen atoms in total. The molecule has 0 bridgehead atoms. The molecular weight excluding hydrogens is 512 g/mol. The number of carbonyl (C=O) groups is 2. The van der Waals surface area contributed by atoms with Crippen LogP contribution in [0.3, 0.4) is 0 Å². The number of piperidine rings is 1. The molecule has 3 aliphatic rings. The first-order valence-electron chi connectivity index (χ1n) is 14.4. The highest BCUT2D eigenvalue weighted by Crippen LogP contribution is 2.40. The van der Waals surface area contributed by atoms with E-state index in [2.05, 4.69) is 27.5 Å². The summed E-state index contributed by atoms with van der Waals surface area (Å²) in [6, 6.07) is 13.9. The van der Waals surface area contributed by atoms with E-state index in [1.165, 1.54) is 11.1 Å². The van der Waals surface area contributed by atoms with E-state index < -0.39 is 6.43 Å². The molecule has 2 aromatic heterocycles. The number of aromatic nitrogens is 3. The molecule has 6 rings (SSSR count). The molecule has 1 saturated heterocycles. The van der Waals surface area contributed by atoms with Crippen LogP contribution in [0.15, 0.2) is 48.7 Å². The highest BCUT2D eigenvalue weighted by molar-refractivity contribution is 5.92. The van der Waals surface area contributed by atoms with Gasteiger partial charge in [0.25, 0.3) is 5.91 Å². The normalized spacial score (nSPS) is 19.5. The number of alkyl halides is 2. The Hall–Kier alpha value is -3.62. The second-order valence-corrected chi connectivity index (χ2v) is 11.3. The van der Waals surface area contributed by atoms with Gasteiger partial charge in [0.1, 0.15) is 12.2 Å². The van der Waals surface area contributed by atoms with Crippen LogP contribution in [0.2, 0.25) is 0 Å². The number of hydrogen-bond donors (Lipinski definition) is 1. The van der Waals surface area contributed by atoms with Gasteiger partial charge in [0.15, 0.2) is 0 Å². The number of fused-ring (bicyclic) bond motifs is 1. The van der Waals surface area contributed by atoms with E-state index in [9.17, 15) is 18.4 Å². The van der Waals surface area contributed by atoms with Gasteiger partial charge in [-0.3, -0.25) is 19.3 Å². The quantitative estimate of drug-likeness (QED) is 0.422. The van der Waals surface area contributed by atoms with E-state index in [-0.39, 0.29) is 36.7 Å². The number of nitrogens with zero attached hydrogens (tertiary/aromatic N) is 4. The van der Waals surface area contributed by atoms with E-state index in [1.807, 2.05) is 29.2 Å². The van der Waals surface area contributed by atoms with Gasteiger partial charge >= 0.3 is 0 Å². The monoisotopic (exact) mass is 547 g/mol. The zero-order valence-electron chi connectivity index (χ0n) is 22.6. The predicted octanol–water partition coefficient (Wildman–Crippen LogP) is 5.18. The van der Waals surface area contributed by atoms with Crippen molar-refractivity contribution in [2.45, 2.75) is 82.2 Å². The molecule has 1 aromatic carbocycles. The Balaban J connectivity index is 1.06. The predicted molar refractivity (Wildman–Crippen MR) is 146 cm³/mol. The number of rotatable bonds is 8. The summed E-state index contributed by atoms with van der Waals surface area (Å²) in [6.07, 6.45) is 5.48. The van der Waals surface area contributed by atoms with Gasteiger partial charge in [0.05, 0.1) is 18.2 Å². The van der Waals surface area contributed by atoms with E-state index in [1.54, 1.807) is 16.9 Å². The van der Waals surface area contributed by atoms with Gasteiger partial charge in [-0.15, -0.1) is 0 Å². The average molecular weight is 548 g/mol. The lowest BCUT2D eigenvalue weighted by atomic mass is 9.87. The van der Waals surface area contributed by atoms with Gasteiger partial charge in [-0.1, -0.05) is 24.3 Å². The topological polar surface area (TPSA) is 80.1 Å². The maximum Gasteiger partial charge on any atom is 0.270 e. The van der Waals surface area contributed by atoms with Crippen LogP contribution in [0.25, 0.3) is 0 Å². The SMILES string of the molecule is O=C(NC1CCCc2ccccc21)c1cc(C2CCN(C(=O)Cn3nc(CC(F)F)cc3C3CC3)CC2)ccn1. The number of aryl methyl sites for hydroxylation is 1. The Morgan fingerprint density at radius 2 is 1.80 bits per heavy atom. The lowest BCUT2D eigenvalue weighted by molar-refractivity contribution is -0.133. The summed E-state index contributed by atoms with van der Waals surface area (Å²) in [6.45, 7) is 1.30. The fourth-order valence-electron chi connectivity index (χ4n) is 6.23. The summed E-state index contributed by atoms with van der Waals surface area (Å²) in [5, 5.41) is 7.53. The first kappa shape index (κ1) is 26.6. The minimum absolute atomic E-state index is 0.00109. The van der Waals surface area contributed by atoms with Crippen molar-refractivity contribution >= 4 is 11.8 Å². The third-order valence-electron chi connectivity index (χ3n) is 8.52. The number of amides is 2. The van der Waals surface area contributed by atoms with Gasteiger partial charge in [-0.2, -0.15) is 5.10 Å². The number of nitrogens with one attached hydrogen (secondary N) is 1. The molecule has 1 unspecified atom stereocenters. The summed E-state index contributed by atoms with van der Waals surface area (Å²) in [5.74, 6) is 0.365. The molecule has 0 radical (unpaired) electrons. The van der Waals surface area contributed by atoms with Crippen molar-refractivity contribution in [1.82, 2.24) is 25.0 Å². The Morgan fingerprint density at radius 1 is 1.00 bits per heavy atom.